The molecule has 3 rings (SSSR count). The summed E-state index contributed by atoms with van der Waals surface area (Å²) >= 11 is 1.49. The second kappa shape index (κ2) is 7.12. The van der Waals surface area contributed by atoms with Gasteiger partial charge in [-0.05, 0) is 18.1 Å². The number of aromatic nitrogens is 2. The van der Waals surface area contributed by atoms with Gasteiger partial charge in [-0.3, -0.25) is 5.32 Å². The molecule has 0 spiro atoms. The first-order chi connectivity index (χ1) is 11.5. The van der Waals surface area contributed by atoms with Crippen LogP contribution in [-0.4, -0.2) is 47.1 Å². The Labute approximate surface area is 144 Å². The van der Waals surface area contributed by atoms with Gasteiger partial charge in [-0.25, -0.2) is 19.2 Å². The molecule has 1 saturated heterocycles. The van der Waals surface area contributed by atoms with E-state index < -0.39 is 0 Å². The van der Waals surface area contributed by atoms with Crippen molar-refractivity contribution >= 4 is 28.3 Å². The van der Waals surface area contributed by atoms with Crippen LogP contribution in [0.4, 0.5) is 20.1 Å². The summed E-state index contributed by atoms with van der Waals surface area (Å²) in [6, 6.07) is 2.80. The molecule has 8 heteroatoms. The predicted octanol–water partition coefficient (Wildman–Crippen LogP) is 3.15. The van der Waals surface area contributed by atoms with E-state index in [9.17, 15) is 9.18 Å². The molecular formula is C16H20FN5OS. The van der Waals surface area contributed by atoms with E-state index in [0.717, 1.165) is 4.88 Å². The third kappa shape index (κ3) is 3.64. The fourth-order valence-corrected chi connectivity index (χ4v) is 3.32. The van der Waals surface area contributed by atoms with Crippen molar-refractivity contribution in [3.8, 4) is 0 Å². The fourth-order valence-electron chi connectivity index (χ4n) is 2.51. The number of carbonyl (C=O) groups excluding carboxylic acids is 1. The Morgan fingerprint density at radius 1 is 1.29 bits per heavy atom. The molecule has 24 heavy (non-hydrogen) atoms. The smallest absolute Gasteiger partial charge is 0.323 e. The number of amides is 2. The van der Waals surface area contributed by atoms with Crippen molar-refractivity contribution in [3.63, 3.8) is 0 Å². The topological polar surface area (TPSA) is 61.4 Å². The Morgan fingerprint density at radius 3 is 2.67 bits per heavy atom. The van der Waals surface area contributed by atoms with E-state index in [0.29, 0.717) is 43.0 Å². The SMILES string of the molecule is CC(C)c1cnc(NC(=O)N2CCN(c3ncccc3F)CC2)s1. The van der Waals surface area contributed by atoms with Crippen LogP contribution in [0, 0.1) is 5.82 Å². The van der Waals surface area contributed by atoms with Crippen molar-refractivity contribution in [3.05, 3.63) is 35.2 Å². The highest BCUT2D eigenvalue weighted by atomic mass is 32.1. The minimum Gasteiger partial charge on any atom is -0.351 e. The second-order valence-electron chi connectivity index (χ2n) is 5.94. The molecule has 1 aliphatic heterocycles. The summed E-state index contributed by atoms with van der Waals surface area (Å²) in [7, 11) is 0. The lowest BCUT2D eigenvalue weighted by Crippen LogP contribution is -2.50. The number of pyridine rings is 1. The molecule has 1 N–H and O–H groups in total. The first-order valence-corrected chi connectivity index (χ1v) is 8.73. The summed E-state index contributed by atoms with van der Waals surface area (Å²) in [6.07, 6.45) is 3.37. The number of carbonyl (C=O) groups is 1. The number of nitrogens with zero attached hydrogens (tertiary/aromatic N) is 4. The van der Waals surface area contributed by atoms with Crippen LogP contribution in [0.2, 0.25) is 0 Å². The highest BCUT2D eigenvalue weighted by molar-refractivity contribution is 7.15. The van der Waals surface area contributed by atoms with Crippen LogP contribution in [0.3, 0.4) is 0 Å². The molecule has 1 aliphatic rings. The first-order valence-electron chi connectivity index (χ1n) is 7.91. The van der Waals surface area contributed by atoms with Gasteiger partial charge < -0.3 is 9.80 Å². The van der Waals surface area contributed by atoms with Gasteiger partial charge in [0.2, 0.25) is 0 Å². The summed E-state index contributed by atoms with van der Waals surface area (Å²) in [4.78, 5) is 25.4. The predicted molar refractivity (Wildman–Crippen MR) is 93.2 cm³/mol. The van der Waals surface area contributed by atoms with Gasteiger partial charge in [-0.1, -0.05) is 13.8 Å². The van der Waals surface area contributed by atoms with Gasteiger partial charge in [-0.15, -0.1) is 11.3 Å². The molecule has 0 aromatic carbocycles. The molecule has 2 aromatic rings. The average Bonchev–Trinajstić information content (AvgIpc) is 3.04. The fraction of sp³-hybridized carbons (Fsp3) is 0.438. The summed E-state index contributed by atoms with van der Waals surface area (Å²) in [6.45, 7) is 6.33. The third-order valence-electron chi connectivity index (χ3n) is 3.91. The van der Waals surface area contributed by atoms with Crippen molar-refractivity contribution in [1.82, 2.24) is 14.9 Å². The van der Waals surface area contributed by atoms with E-state index in [1.807, 2.05) is 4.90 Å². The molecule has 2 aromatic heterocycles. The maximum absolute atomic E-state index is 13.8. The van der Waals surface area contributed by atoms with E-state index in [4.69, 9.17) is 0 Å². The van der Waals surface area contributed by atoms with Gasteiger partial charge in [0.1, 0.15) is 0 Å². The third-order valence-corrected chi connectivity index (χ3v) is 5.13. The second-order valence-corrected chi connectivity index (χ2v) is 7.00. The molecule has 0 bridgehead atoms. The summed E-state index contributed by atoms with van der Waals surface area (Å²) in [5.41, 5.74) is 0. The molecule has 0 aliphatic carbocycles. The van der Waals surface area contributed by atoms with E-state index in [-0.39, 0.29) is 11.8 Å². The van der Waals surface area contributed by atoms with E-state index >= 15 is 0 Å². The number of nitrogens with one attached hydrogen (secondary N) is 1. The number of halogens is 1. The lowest BCUT2D eigenvalue weighted by atomic mass is 10.2. The maximum atomic E-state index is 13.8. The first kappa shape index (κ1) is 16.6. The number of urea groups is 1. The van der Waals surface area contributed by atoms with Crippen LogP contribution in [0.25, 0.3) is 0 Å². The van der Waals surface area contributed by atoms with Crippen molar-refractivity contribution in [2.45, 2.75) is 19.8 Å². The Hall–Kier alpha value is -2.22. The standard InChI is InChI=1S/C16H20FN5OS/c1-11(2)13-10-19-15(24-13)20-16(23)22-8-6-21(7-9-22)14-12(17)4-3-5-18-14/h3-5,10-11H,6-9H2,1-2H3,(H,19,20,23). The largest absolute Gasteiger partial charge is 0.351 e. The monoisotopic (exact) mass is 349 g/mol. The zero-order valence-corrected chi connectivity index (χ0v) is 14.5. The summed E-state index contributed by atoms with van der Waals surface area (Å²) < 4.78 is 13.8. The quantitative estimate of drug-likeness (QED) is 0.925. The Kier molecular flexibility index (Phi) is 4.94. The summed E-state index contributed by atoms with van der Waals surface area (Å²) in [5, 5.41) is 3.45. The van der Waals surface area contributed by atoms with Gasteiger partial charge in [0.15, 0.2) is 16.8 Å². The van der Waals surface area contributed by atoms with Crippen molar-refractivity contribution < 1.29 is 9.18 Å². The van der Waals surface area contributed by atoms with E-state index in [1.165, 1.54) is 17.4 Å². The maximum Gasteiger partial charge on any atom is 0.323 e. The average molecular weight is 349 g/mol. The van der Waals surface area contributed by atoms with Crippen molar-refractivity contribution in [1.29, 1.82) is 0 Å². The zero-order valence-electron chi connectivity index (χ0n) is 13.7. The van der Waals surface area contributed by atoms with E-state index in [1.54, 1.807) is 23.4 Å². The number of anilines is 2. The number of thiazole rings is 1. The molecule has 0 atom stereocenters. The highest BCUT2D eigenvalue weighted by Crippen LogP contribution is 2.25. The van der Waals surface area contributed by atoms with E-state index in [2.05, 4.69) is 29.1 Å². The van der Waals surface area contributed by atoms with Gasteiger partial charge >= 0.3 is 6.03 Å². The van der Waals surface area contributed by atoms with Gasteiger partial charge in [-0.2, -0.15) is 0 Å². The number of hydrogen-bond donors (Lipinski definition) is 1. The molecule has 1 fully saturated rings. The number of piperazine rings is 1. The van der Waals surface area contributed by atoms with Crippen LogP contribution < -0.4 is 10.2 Å². The lowest BCUT2D eigenvalue weighted by Gasteiger charge is -2.35. The Bertz CT molecular complexity index is 712. The Morgan fingerprint density at radius 2 is 2.04 bits per heavy atom. The normalized spacial score (nSPS) is 15.0. The molecule has 0 saturated carbocycles. The lowest BCUT2D eigenvalue weighted by molar-refractivity contribution is 0.208. The number of hydrogen-bond acceptors (Lipinski definition) is 5. The van der Waals surface area contributed by atoms with Crippen LogP contribution in [0.1, 0.15) is 24.6 Å². The molecule has 0 radical (unpaired) electrons. The Balaban J connectivity index is 1.56. The van der Waals surface area contributed by atoms with Crippen LogP contribution in [0.15, 0.2) is 24.5 Å². The molecule has 6 nitrogen and oxygen atoms in total. The highest BCUT2D eigenvalue weighted by Gasteiger charge is 2.24. The van der Waals surface area contributed by atoms with Gasteiger partial charge in [0, 0.05) is 43.4 Å². The van der Waals surface area contributed by atoms with Crippen LogP contribution in [-0.2, 0) is 0 Å². The minimum absolute atomic E-state index is 0.166. The molecular weight excluding hydrogens is 329 g/mol. The van der Waals surface area contributed by atoms with Crippen LogP contribution in [0.5, 0.6) is 0 Å². The molecule has 0 unspecified atom stereocenters. The summed E-state index contributed by atoms with van der Waals surface area (Å²) in [5.74, 6) is 0.406. The zero-order chi connectivity index (χ0) is 17.1. The molecule has 2 amide bonds. The molecule has 128 valence electrons. The minimum atomic E-state index is -0.334. The van der Waals surface area contributed by atoms with Gasteiger partial charge in [0.05, 0.1) is 0 Å². The van der Waals surface area contributed by atoms with Crippen LogP contribution >= 0.6 is 11.3 Å². The van der Waals surface area contributed by atoms with Gasteiger partial charge in [0.25, 0.3) is 0 Å². The molecule has 3 heterocycles. The van der Waals surface area contributed by atoms with Crippen molar-refractivity contribution in [2.24, 2.45) is 0 Å². The van der Waals surface area contributed by atoms with Crippen molar-refractivity contribution in [2.75, 3.05) is 36.4 Å². The number of rotatable bonds is 3.